The number of Topliss-reactive ketones (excluding diaryl/α,β-unsaturated/α-hetero) is 1. The molecular weight excluding hydrogens is 330 g/mol. The highest BCUT2D eigenvalue weighted by Gasteiger charge is 2.55. The van der Waals surface area contributed by atoms with Crippen LogP contribution < -0.4 is 0 Å². The van der Waals surface area contributed by atoms with E-state index >= 15 is 0 Å². The van der Waals surface area contributed by atoms with Crippen molar-refractivity contribution in [1.29, 1.82) is 0 Å². The van der Waals surface area contributed by atoms with Crippen molar-refractivity contribution in [2.45, 2.75) is 71.8 Å². The number of carbonyl (C=O) groups is 3. The van der Waals surface area contributed by atoms with Crippen LogP contribution in [0.3, 0.4) is 0 Å². The normalized spacial score (nSPS) is 32.8. The number of hydrogen-bond donors (Lipinski definition) is 0. The maximum atomic E-state index is 13.1. The van der Waals surface area contributed by atoms with E-state index in [-0.39, 0.29) is 23.6 Å². The minimum Gasteiger partial charge on any atom is -0.444 e. The van der Waals surface area contributed by atoms with E-state index in [2.05, 4.69) is 6.92 Å². The van der Waals surface area contributed by atoms with Gasteiger partial charge in [0.1, 0.15) is 11.4 Å². The minimum atomic E-state index is -0.590. The van der Waals surface area contributed by atoms with Gasteiger partial charge >= 0.3 is 6.09 Å². The lowest BCUT2D eigenvalue weighted by molar-refractivity contribution is -0.136. The van der Waals surface area contributed by atoms with Crippen LogP contribution in [0.5, 0.6) is 0 Å². The second-order valence-electron chi connectivity index (χ2n) is 9.25. The molecule has 3 rings (SSSR count). The summed E-state index contributed by atoms with van der Waals surface area (Å²) in [6.45, 7) is 8.83. The average Bonchev–Trinajstić information content (AvgIpc) is 2.81. The zero-order valence-electron chi connectivity index (χ0n) is 16.5. The number of ketones is 2. The highest BCUT2D eigenvalue weighted by atomic mass is 16.6. The predicted octanol–water partition coefficient (Wildman–Crippen LogP) is 3.91. The van der Waals surface area contributed by atoms with Crippen molar-refractivity contribution in [3.05, 3.63) is 11.6 Å². The molecule has 1 saturated heterocycles. The molecule has 5 nitrogen and oxygen atoms in total. The van der Waals surface area contributed by atoms with Crippen LogP contribution >= 0.6 is 0 Å². The first-order valence-corrected chi connectivity index (χ1v) is 9.89. The summed E-state index contributed by atoms with van der Waals surface area (Å²) in [5, 5.41) is 0. The van der Waals surface area contributed by atoms with Gasteiger partial charge in [-0.3, -0.25) is 9.59 Å². The molecule has 1 saturated carbocycles. The van der Waals surface area contributed by atoms with Gasteiger partial charge in [-0.25, -0.2) is 4.79 Å². The van der Waals surface area contributed by atoms with Crippen molar-refractivity contribution < 1.29 is 19.1 Å². The Morgan fingerprint density at radius 3 is 2.58 bits per heavy atom. The van der Waals surface area contributed by atoms with Gasteiger partial charge in [0, 0.05) is 25.4 Å². The zero-order valence-corrected chi connectivity index (χ0v) is 16.5. The SMILES string of the molecule is C[C@H]1CC(=O)[C@]23CCCN(C(=O)OC(C)(C)C)CCC[C@H]2C(=O)C=C3C1. The summed E-state index contributed by atoms with van der Waals surface area (Å²) in [5.74, 6) is 0.449. The van der Waals surface area contributed by atoms with Gasteiger partial charge in [-0.1, -0.05) is 12.5 Å². The van der Waals surface area contributed by atoms with Crippen LogP contribution in [0.4, 0.5) is 4.79 Å². The van der Waals surface area contributed by atoms with E-state index in [1.165, 1.54) is 0 Å². The molecule has 3 aliphatic rings. The average molecular weight is 361 g/mol. The molecule has 0 aromatic carbocycles. The van der Waals surface area contributed by atoms with E-state index in [0.717, 1.165) is 24.8 Å². The molecule has 1 amide bonds. The smallest absolute Gasteiger partial charge is 0.410 e. The number of rotatable bonds is 0. The molecule has 5 heteroatoms. The summed E-state index contributed by atoms with van der Waals surface area (Å²) < 4.78 is 5.51. The Morgan fingerprint density at radius 1 is 1.19 bits per heavy atom. The maximum absolute atomic E-state index is 13.1. The maximum Gasteiger partial charge on any atom is 0.410 e. The Morgan fingerprint density at radius 2 is 1.88 bits per heavy atom. The molecular formula is C21H31NO4. The molecule has 2 aliphatic carbocycles. The van der Waals surface area contributed by atoms with Crippen molar-refractivity contribution in [2.75, 3.05) is 13.1 Å². The van der Waals surface area contributed by atoms with Crippen molar-refractivity contribution in [3.8, 4) is 0 Å². The van der Waals surface area contributed by atoms with Crippen molar-refractivity contribution in [3.63, 3.8) is 0 Å². The number of hydrogen-bond acceptors (Lipinski definition) is 4. The molecule has 0 unspecified atom stereocenters. The molecule has 0 bridgehead atoms. The van der Waals surface area contributed by atoms with Gasteiger partial charge in [0.15, 0.2) is 5.78 Å². The molecule has 1 spiro atoms. The standard InChI is InChI=1S/C21H31NO4/c1-14-11-15-13-17(23)16-7-5-9-22(19(25)26-20(2,3)4)10-6-8-21(15,16)18(24)12-14/h13-14,16H,5-12H2,1-4H3/t14-,16+,21+/m1/s1. The second-order valence-corrected chi connectivity index (χ2v) is 9.25. The lowest BCUT2D eigenvalue weighted by Gasteiger charge is -2.41. The largest absolute Gasteiger partial charge is 0.444 e. The first-order valence-electron chi connectivity index (χ1n) is 9.89. The summed E-state index contributed by atoms with van der Waals surface area (Å²) in [7, 11) is 0. The van der Waals surface area contributed by atoms with Crippen LogP contribution in [-0.4, -0.2) is 41.3 Å². The van der Waals surface area contributed by atoms with E-state index in [4.69, 9.17) is 4.74 Å². The first-order chi connectivity index (χ1) is 12.1. The molecule has 2 fully saturated rings. The van der Waals surface area contributed by atoms with Gasteiger partial charge in [-0.05, 0) is 64.9 Å². The molecule has 0 radical (unpaired) electrons. The zero-order chi connectivity index (χ0) is 19.1. The lowest BCUT2D eigenvalue weighted by atomic mass is 9.60. The predicted molar refractivity (Wildman–Crippen MR) is 98.7 cm³/mol. The van der Waals surface area contributed by atoms with Crippen LogP contribution in [0.2, 0.25) is 0 Å². The fraction of sp³-hybridized carbons (Fsp3) is 0.762. The Kier molecular flexibility index (Phi) is 5.02. The Labute approximate surface area is 156 Å². The number of allylic oxidation sites excluding steroid dienone is 2. The van der Waals surface area contributed by atoms with Crippen molar-refractivity contribution in [1.82, 2.24) is 4.90 Å². The Bertz CT molecular complexity index is 645. The fourth-order valence-electron chi connectivity index (χ4n) is 4.95. The topological polar surface area (TPSA) is 63.7 Å². The van der Waals surface area contributed by atoms with Gasteiger partial charge in [-0.2, -0.15) is 0 Å². The summed E-state index contributed by atoms with van der Waals surface area (Å²) in [6.07, 6.45) is 5.67. The van der Waals surface area contributed by atoms with Gasteiger partial charge in [-0.15, -0.1) is 0 Å². The quantitative estimate of drug-likeness (QED) is 0.656. The first kappa shape index (κ1) is 19.1. The third kappa shape index (κ3) is 3.45. The van der Waals surface area contributed by atoms with Crippen LogP contribution in [0, 0.1) is 17.3 Å². The van der Waals surface area contributed by atoms with E-state index in [9.17, 15) is 14.4 Å². The van der Waals surface area contributed by atoms with E-state index < -0.39 is 11.0 Å². The number of carbonyl (C=O) groups excluding carboxylic acids is 3. The molecule has 0 N–H and O–H groups in total. The number of ether oxygens (including phenoxy) is 1. The van der Waals surface area contributed by atoms with Gasteiger partial charge < -0.3 is 9.64 Å². The third-order valence-corrected chi connectivity index (χ3v) is 6.00. The summed E-state index contributed by atoms with van der Waals surface area (Å²) in [6, 6.07) is 0. The Hall–Kier alpha value is -1.65. The summed E-state index contributed by atoms with van der Waals surface area (Å²) in [5.41, 5.74) is -0.0541. The molecule has 144 valence electrons. The minimum absolute atomic E-state index is 0.119. The van der Waals surface area contributed by atoms with E-state index in [0.29, 0.717) is 38.3 Å². The van der Waals surface area contributed by atoms with Gasteiger partial charge in [0.25, 0.3) is 0 Å². The van der Waals surface area contributed by atoms with Crippen molar-refractivity contribution in [2.24, 2.45) is 17.3 Å². The fourth-order valence-corrected chi connectivity index (χ4v) is 4.95. The summed E-state index contributed by atoms with van der Waals surface area (Å²) >= 11 is 0. The molecule has 1 heterocycles. The van der Waals surface area contributed by atoms with Gasteiger partial charge in [0.2, 0.25) is 0 Å². The van der Waals surface area contributed by atoms with Crippen LogP contribution in [0.25, 0.3) is 0 Å². The van der Waals surface area contributed by atoms with Crippen molar-refractivity contribution >= 4 is 17.7 Å². The molecule has 0 aromatic heterocycles. The number of nitrogens with zero attached hydrogens (tertiary/aromatic N) is 1. The second kappa shape index (κ2) is 6.82. The summed E-state index contributed by atoms with van der Waals surface area (Å²) in [4.78, 5) is 39.9. The molecule has 26 heavy (non-hydrogen) atoms. The highest BCUT2D eigenvalue weighted by Crippen LogP contribution is 2.54. The van der Waals surface area contributed by atoms with Gasteiger partial charge in [0.05, 0.1) is 5.41 Å². The van der Waals surface area contributed by atoms with Crippen LogP contribution in [0.1, 0.15) is 66.2 Å². The Balaban J connectivity index is 1.79. The van der Waals surface area contributed by atoms with Crippen LogP contribution in [-0.2, 0) is 14.3 Å². The molecule has 0 aromatic rings. The number of amides is 1. The van der Waals surface area contributed by atoms with Crippen LogP contribution in [0.15, 0.2) is 11.6 Å². The molecule has 1 aliphatic heterocycles. The monoisotopic (exact) mass is 361 g/mol. The van der Waals surface area contributed by atoms with E-state index in [1.54, 1.807) is 11.0 Å². The van der Waals surface area contributed by atoms with E-state index in [1.807, 2.05) is 20.8 Å². The third-order valence-electron chi connectivity index (χ3n) is 6.00. The lowest BCUT2D eigenvalue weighted by Crippen LogP contribution is -2.43. The highest BCUT2D eigenvalue weighted by molar-refractivity contribution is 6.05. The molecule has 3 atom stereocenters.